The van der Waals surface area contributed by atoms with Gasteiger partial charge in [-0.2, -0.15) is 0 Å². The van der Waals surface area contributed by atoms with Gasteiger partial charge in [0, 0.05) is 10.5 Å². The van der Waals surface area contributed by atoms with Crippen molar-refractivity contribution in [2.45, 2.75) is 4.90 Å². The molecule has 1 aliphatic rings. The molecule has 0 saturated carbocycles. The maximum atomic E-state index is 12.3. The largest absolute Gasteiger partial charge is 0.397 e. The van der Waals surface area contributed by atoms with E-state index < -0.39 is 0 Å². The molecule has 0 aromatic heterocycles. The Kier molecular flexibility index (Phi) is 2.68. The highest BCUT2D eigenvalue weighted by atomic mass is 32.2. The summed E-state index contributed by atoms with van der Waals surface area (Å²) in [5.74, 6) is 0.0250. The lowest BCUT2D eigenvalue weighted by Gasteiger charge is -2.04. The monoisotopic (exact) mass is 253 g/mol. The highest BCUT2D eigenvalue weighted by Gasteiger charge is 2.27. The molecule has 0 amide bonds. The first-order valence-corrected chi connectivity index (χ1v) is 6.46. The molecule has 3 heteroatoms. The first-order chi connectivity index (χ1) is 8.77. The van der Waals surface area contributed by atoms with E-state index in [1.807, 2.05) is 54.6 Å². The molecular formula is C15H11NOS. The fourth-order valence-electron chi connectivity index (χ4n) is 1.95. The quantitative estimate of drug-likeness (QED) is 0.793. The second-order valence-electron chi connectivity index (χ2n) is 4.04. The van der Waals surface area contributed by atoms with Crippen molar-refractivity contribution < 1.29 is 4.79 Å². The van der Waals surface area contributed by atoms with Gasteiger partial charge < -0.3 is 5.73 Å². The number of ketones is 1. The number of hydrogen-bond donors (Lipinski definition) is 1. The van der Waals surface area contributed by atoms with Crippen molar-refractivity contribution in [2.24, 2.45) is 5.73 Å². The third kappa shape index (κ3) is 1.73. The molecule has 1 heterocycles. The van der Waals surface area contributed by atoms with E-state index in [0.717, 1.165) is 16.0 Å². The van der Waals surface area contributed by atoms with E-state index in [0.29, 0.717) is 10.6 Å². The highest BCUT2D eigenvalue weighted by Crippen LogP contribution is 2.41. The maximum Gasteiger partial charge on any atom is 0.202 e. The van der Waals surface area contributed by atoms with E-state index >= 15 is 0 Å². The Hall–Kier alpha value is -2.00. The zero-order chi connectivity index (χ0) is 12.5. The molecule has 3 rings (SSSR count). The molecule has 0 aliphatic carbocycles. The van der Waals surface area contributed by atoms with Gasteiger partial charge in [-0.15, -0.1) is 0 Å². The summed E-state index contributed by atoms with van der Waals surface area (Å²) in [6, 6.07) is 17.2. The maximum absolute atomic E-state index is 12.3. The predicted molar refractivity (Wildman–Crippen MR) is 74.2 cm³/mol. The normalized spacial score (nSPS) is 16.6. The number of thioether (sulfide) groups is 1. The first-order valence-electron chi connectivity index (χ1n) is 5.64. The van der Waals surface area contributed by atoms with Gasteiger partial charge in [-0.05, 0) is 17.7 Å². The molecule has 1 aliphatic heterocycles. The van der Waals surface area contributed by atoms with Crippen LogP contribution in [0.1, 0.15) is 15.9 Å². The lowest BCUT2D eigenvalue weighted by Crippen LogP contribution is -2.04. The van der Waals surface area contributed by atoms with Crippen LogP contribution in [-0.2, 0) is 0 Å². The van der Waals surface area contributed by atoms with Crippen LogP contribution in [0.4, 0.5) is 0 Å². The lowest BCUT2D eigenvalue weighted by molar-refractivity contribution is 0.104. The van der Waals surface area contributed by atoms with Gasteiger partial charge in [0.1, 0.15) is 0 Å². The Morgan fingerprint density at radius 2 is 1.61 bits per heavy atom. The molecule has 0 saturated heterocycles. The second-order valence-corrected chi connectivity index (χ2v) is 5.09. The Morgan fingerprint density at radius 3 is 2.33 bits per heavy atom. The number of Topliss-reactive ketones (excluding diaryl/α,β-unsaturated/α-hetero) is 1. The van der Waals surface area contributed by atoms with Gasteiger partial charge in [0.15, 0.2) is 0 Å². The van der Waals surface area contributed by atoms with Crippen LogP contribution in [0.25, 0.3) is 5.70 Å². The lowest BCUT2D eigenvalue weighted by atomic mass is 10.1. The summed E-state index contributed by atoms with van der Waals surface area (Å²) < 4.78 is 0. The smallest absolute Gasteiger partial charge is 0.202 e. The fraction of sp³-hybridized carbons (Fsp3) is 0. The number of benzene rings is 2. The van der Waals surface area contributed by atoms with Crippen molar-refractivity contribution in [3.05, 3.63) is 70.6 Å². The SMILES string of the molecule is NC(=C1Sc2ccccc2C1=O)c1ccccc1. The zero-order valence-corrected chi connectivity index (χ0v) is 10.4. The van der Waals surface area contributed by atoms with Crippen molar-refractivity contribution in [3.63, 3.8) is 0 Å². The van der Waals surface area contributed by atoms with Gasteiger partial charge in [-0.3, -0.25) is 4.79 Å². The summed E-state index contributed by atoms with van der Waals surface area (Å²) in [6.45, 7) is 0. The minimum Gasteiger partial charge on any atom is -0.397 e. The van der Waals surface area contributed by atoms with Gasteiger partial charge >= 0.3 is 0 Å². The Bertz CT molecular complexity index is 647. The third-order valence-electron chi connectivity index (χ3n) is 2.88. The summed E-state index contributed by atoms with van der Waals surface area (Å²) in [6.07, 6.45) is 0. The highest BCUT2D eigenvalue weighted by molar-refractivity contribution is 8.05. The number of rotatable bonds is 1. The van der Waals surface area contributed by atoms with Crippen LogP contribution in [0.2, 0.25) is 0 Å². The van der Waals surface area contributed by atoms with Crippen LogP contribution < -0.4 is 5.73 Å². The number of allylic oxidation sites excluding steroid dienone is 1. The molecule has 0 radical (unpaired) electrons. The van der Waals surface area contributed by atoms with E-state index in [9.17, 15) is 4.79 Å². The number of carbonyl (C=O) groups is 1. The topological polar surface area (TPSA) is 43.1 Å². The molecule has 2 aromatic carbocycles. The van der Waals surface area contributed by atoms with Crippen LogP contribution in [0.3, 0.4) is 0 Å². The van der Waals surface area contributed by atoms with Crippen LogP contribution in [0, 0.1) is 0 Å². The molecule has 0 spiro atoms. The van der Waals surface area contributed by atoms with E-state index in [1.54, 1.807) is 0 Å². The van der Waals surface area contributed by atoms with Crippen molar-refractivity contribution in [1.29, 1.82) is 0 Å². The van der Waals surface area contributed by atoms with Gasteiger partial charge in [0.2, 0.25) is 5.78 Å². The Balaban J connectivity index is 2.09. The first kappa shape index (κ1) is 11.1. The van der Waals surface area contributed by atoms with E-state index in [2.05, 4.69) is 0 Å². The molecule has 88 valence electrons. The molecule has 0 atom stereocenters. The van der Waals surface area contributed by atoms with Gasteiger partial charge in [0.05, 0.1) is 10.6 Å². The summed E-state index contributed by atoms with van der Waals surface area (Å²) >= 11 is 1.45. The summed E-state index contributed by atoms with van der Waals surface area (Å²) in [5, 5.41) is 0. The molecule has 18 heavy (non-hydrogen) atoms. The molecule has 0 unspecified atom stereocenters. The fourth-order valence-corrected chi connectivity index (χ4v) is 3.02. The summed E-state index contributed by atoms with van der Waals surface area (Å²) in [7, 11) is 0. The molecule has 0 fully saturated rings. The molecular weight excluding hydrogens is 242 g/mol. The van der Waals surface area contributed by atoms with Crippen molar-refractivity contribution in [3.8, 4) is 0 Å². The van der Waals surface area contributed by atoms with E-state index in [1.165, 1.54) is 11.8 Å². The van der Waals surface area contributed by atoms with E-state index in [4.69, 9.17) is 5.73 Å². The number of nitrogens with two attached hydrogens (primary N) is 1. The predicted octanol–water partition coefficient (Wildman–Crippen LogP) is 3.30. The Morgan fingerprint density at radius 1 is 0.944 bits per heavy atom. The summed E-state index contributed by atoms with van der Waals surface area (Å²) in [4.78, 5) is 13.9. The summed E-state index contributed by atoms with van der Waals surface area (Å²) in [5.41, 5.74) is 8.30. The number of hydrogen-bond acceptors (Lipinski definition) is 3. The van der Waals surface area contributed by atoms with Crippen LogP contribution in [-0.4, -0.2) is 5.78 Å². The average molecular weight is 253 g/mol. The van der Waals surface area contributed by atoms with Crippen molar-refractivity contribution in [1.82, 2.24) is 0 Å². The minimum absolute atomic E-state index is 0.0250. The molecule has 2 nitrogen and oxygen atoms in total. The average Bonchev–Trinajstić information content (AvgIpc) is 2.77. The zero-order valence-electron chi connectivity index (χ0n) is 9.59. The van der Waals surface area contributed by atoms with Crippen LogP contribution >= 0.6 is 11.8 Å². The van der Waals surface area contributed by atoms with Gasteiger partial charge in [-0.25, -0.2) is 0 Å². The van der Waals surface area contributed by atoms with Crippen molar-refractivity contribution in [2.75, 3.05) is 0 Å². The number of carbonyl (C=O) groups excluding carboxylic acids is 1. The van der Waals surface area contributed by atoms with Gasteiger partial charge in [0.25, 0.3) is 0 Å². The van der Waals surface area contributed by atoms with Crippen LogP contribution in [0.5, 0.6) is 0 Å². The molecule has 0 bridgehead atoms. The standard InChI is InChI=1S/C15H11NOS/c16-13(10-6-2-1-3-7-10)15-14(17)11-8-4-5-9-12(11)18-15/h1-9H,16H2. The number of fused-ring (bicyclic) bond motifs is 1. The molecule has 2 N–H and O–H groups in total. The third-order valence-corrected chi connectivity index (χ3v) is 4.06. The van der Waals surface area contributed by atoms with Gasteiger partial charge in [-0.1, -0.05) is 54.2 Å². The molecule has 2 aromatic rings. The minimum atomic E-state index is 0.0250. The van der Waals surface area contributed by atoms with Crippen LogP contribution in [0.15, 0.2) is 64.4 Å². The second kappa shape index (κ2) is 4.35. The Labute approximate surface area is 110 Å². The van der Waals surface area contributed by atoms with E-state index in [-0.39, 0.29) is 5.78 Å². The van der Waals surface area contributed by atoms with Crippen molar-refractivity contribution >= 4 is 23.2 Å².